The number of anilines is 1. The van der Waals surface area contributed by atoms with Crippen LogP contribution < -0.4 is 4.90 Å². The Bertz CT molecular complexity index is 464. The Morgan fingerprint density at radius 2 is 2.37 bits per heavy atom. The minimum absolute atomic E-state index is 0.144. The van der Waals surface area contributed by atoms with Crippen molar-refractivity contribution in [2.45, 2.75) is 25.8 Å². The van der Waals surface area contributed by atoms with Crippen molar-refractivity contribution in [3.8, 4) is 0 Å². The number of aliphatic carboxylic acids is 1. The third-order valence-corrected chi connectivity index (χ3v) is 4.28. The third kappa shape index (κ3) is 3.70. The maximum absolute atomic E-state index is 10.7. The number of rotatable bonds is 4. The van der Waals surface area contributed by atoms with Crippen LogP contribution >= 0.6 is 15.9 Å². The molecular weight excluding hydrogens is 310 g/mol. The molecule has 1 unspecified atom stereocenters. The van der Waals surface area contributed by atoms with Gasteiger partial charge in [0.1, 0.15) is 0 Å². The minimum Gasteiger partial charge on any atom is -0.481 e. The summed E-state index contributed by atoms with van der Waals surface area (Å²) in [6.07, 6.45) is 0.796. The standard InChI is InChI=1S/C14H18BrNO3/c1-10-8-11(2-4-13(10)15)16-6-7-19-9-12(16)3-5-14(17)18/h2,4,8,12H,3,5-7,9H2,1H3,(H,17,18). The van der Waals surface area contributed by atoms with Gasteiger partial charge >= 0.3 is 5.97 Å². The first-order valence-electron chi connectivity index (χ1n) is 6.40. The topological polar surface area (TPSA) is 49.8 Å². The van der Waals surface area contributed by atoms with Crippen molar-refractivity contribution in [3.05, 3.63) is 28.2 Å². The summed E-state index contributed by atoms with van der Waals surface area (Å²) in [4.78, 5) is 13.0. The highest BCUT2D eigenvalue weighted by atomic mass is 79.9. The fraction of sp³-hybridized carbons (Fsp3) is 0.500. The second-order valence-electron chi connectivity index (χ2n) is 4.79. The molecule has 1 fully saturated rings. The van der Waals surface area contributed by atoms with E-state index in [4.69, 9.17) is 9.84 Å². The monoisotopic (exact) mass is 327 g/mol. The molecule has 1 aliphatic heterocycles. The van der Waals surface area contributed by atoms with Crippen LogP contribution in [-0.4, -0.2) is 36.9 Å². The first kappa shape index (κ1) is 14.3. The van der Waals surface area contributed by atoms with Crippen LogP contribution in [0.25, 0.3) is 0 Å². The summed E-state index contributed by atoms with van der Waals surface area (Å²) < 4.78 is 6.57. The number of carboxylic acids is 1. The second kappa shape index (κ2) is 6.39. The predicted molar refractivity (Wildman–Crippen MR) is 77.7 cm³/mol. The molecule has 5 heteroatoms. The molecule has 19 heavy (non-hydrogen) atoms. The van der Waals surface area contributed by atoms with Gasteiger partial charge in [-0.2, -0.15) is 0 Å². The van der Waals surface area contributed by atoms with Crippen molar-refractivity contribution in [3.63, 3.8) is 0 Å². The van der Waals surface area contributed by atoms with Gasteiger partial charge in [0, 0.05) is 23.1 Å². The van der Waals surface area contributed by atoms with Crippen LogP contribution in [0.1, 0.15) is 18.4 Å². The molecule has 0 bridgehead atoms. The number of morpholine rings is 1. The average molecular weight is 328 g/mol. The molecule has 1 heterocycles. The summed E-state index contributed by atoms with van der Waals surface area (Å²) in [5.74, 6) is -0.752. The zero-order chi connectivity index (χ0) is 13.8. The van der Waals surface area contributed by atoms with Crippen molar-refractivity contribution in [1.29, 1.82) is 0 Å². The number of carboxylic acid groups (broad SMARTS) is 1. The lowest BCUT2D eigenvalue weighted by molar-refractivity contribution is -0.137. The van der Waals surface area contributed by atoms with E-state index in [0.29, 0.717) is 19.6 Å². The summed E-state index contributed by atoms with van der Waals surface area (Å²) in [6.45, 7) is 4.16. The number of aryl methyl sites for hydroxylation is 1. The van der Waals surface area contributed by atoms with E-state index >= 15 is 0 Å². The molecule has 1 aliphatic rings. The fourth-order valence-corrected chi connectivity index (χ4v) is 2.58. The lowest BCUT2D eigenvalue weighted by Crippen LogP contribution is -2.45. The highest BCUT2D eigenvalue weighted by molar-refractivity contribution is 9.10. The maximum Gasteiger partial charge on any atom is 0.303 e. The fourth-order valence-electron chi connectivity index (χ4n) is 2.33. The van der Waals surface area contributed by atoms with Crippen LogP contribution in [0, 0.1) is 6.92 Å². The Balaban J connectivity index is 2.13. The Kier molecular flexibility index (Phi) is 4.82. The van der Waals surface area contributed by atoms with E-state index in [9.17, 15) is 4.79 Å². The molecule has 0 amide bonds. The van der Waals surface area contributed by atoms with E-state index in [2.05, 4.69) is 39.9 Å². The van der Waals surface area contributed by atoms with E-state index < -0.39 is 5.97 Å². The quantitative estimate of drug-likeness (QED) is 0.923. The lowest BCUT2D eigenvalue weighted by atomic mass is 10.1. The van der Waals surface area contributed by atoms with Gasteiger partial charge in [-0.25, -0.2) is 0 Å². The Morgan fingerprint density at radius 1 is 1.58 bits per heavy atom. The summed E-state index contributed by atoms with van der Waals surface area (Å²) in [7, 11) is 0. The molecule has 4 nitrogen and oxygen atoms in total. The number of hydrogen-bond donors (Lipinski definition) is 1. The maximum atomic E-state index is 10.7. The average Bonchev–Trinajstić information content (AvgIpc) is 2.40. The molecule has 104 valence electrons. The highest BCUT2D eigenvalue weighted by Crippen LogP contribution is 2.26. The second-order valence-corrected chi connectivity index (χ2v) is 5.64. The number of halogens is 1. The zero-order valence-electron chi connectivity index (χ0n) is 10.9. The molecule has 1 aromatic rings. The van der Waals surface area contributed by atoms with Gasteiger partial charge < -0.3 is 14.7 Å². The van der Waals surface area contributed by atoms with Gasteiger partial charge in [-0.3, -0.25) is 4.79 Å². The smallest absolute Gasteiger partial charge is 0.303 e. The third-order valence-electron chi connectivity index (χ3n) is 3.39. The van der Waals surface area contributed by atoms with Gasteiger partial charge in [0.05, 0.1) is 19.3 Å². The molecule has 1 aromatic carbocycles. The molecular formula is C14H18BrNO3. The van der Waals surface area contributed by atoms with Crippen molar-refractivity contribution < 1.29 is 14.6 Å². The van der Waals surface area contributed by atoms with Gasteiger partial charge in [0.2, 0.25) is 0 Å². The summed E-state index contributed by atoms with van der Waals surface area (Å²) in [5, 5.41) is 8.82. The van der Waals surface area contributed by atoms with E-state index in [1.54, 1.807) is 0 Å². The molecule has 1 N–H and O–H groups in total. The molecule has 2 rings (SSSR count). The molecule has 0 spiro atoms. The van der Waals surface area contributed by atoms with Crippen LogP contribution in [0.15, 0.2) is 22.7 Å². The number of ether oxygens (including phenoxy) is 1. The van der Waals surface area contributed by atoms with Crippen LogP contribution in [0.4, 0.5) is 5.69 Å². The van der Waals surface area contributed by atoms with Crippen molar-refractivity contribution in [2.24, 2.45) is 0 Å². The number of hydrogen-bond acceptors (Lipinski definition) is 3. The van der Waals surface area contributed by atoms with Gasteiger partial charge in [0.25, 0.3) is 0 Å². The van der Waals surface area contributed by atoms with E-state index in [1.165, 1.54) is 5.56 Å². The zero-order valence-corrected chi connectivity index (χ0v) is 12.5. The van der Waals surface area contributed by atoms with E-state index in [1.807, 2.05) is 6.07 Å². The first-order valence-corrected chi connectivity index (χ1v) is 7.19. The molecule has 0 radical (unpaired) electrons. The van der Waals surface area contributed by atoms with Gasteiger partial charge in [-0.1, -0.05) is 15.9 Å². The molecule has 0 saturated carbocycles. The Hall–Kier alpha value is -1.07. The normalized spacial score (nSPS) is 19.5. The van der Waals surface area contributed by atoms with Gasteiger partial charge in [-0.05, 0) is 37.1 Å². The predicted octanol–water partition coefficient (Wildman–Crippen LogP) is 2.83. The summed E-state index contributed by atoms with van der Waals surface area (Å²) in [5.41, 5.74) is 2.32. The minimum atomic E-state index is -0.752. The molecule has 1 atom stereocenters. The van der Waals surface area contributed by atoms with Crippen molar-refractivity contribution >= 4 is 27.6 Å². The molecule has 0 aromatic heterocycles. The van der Waals surface area contributed by atoms with Crippen LogP contribution in [0.3, 0.4) is 0 Å². The highest BCUT2D eigenvalue weighted by Gasteiger charge is 2.24. The molecule has 0 aliphatic carbocycles. The van der Waals surface area contributed by atoms with E-state index in [-0.39, 0.29) is 12.5 Å². The largest absolute Gasteiger partial charge is 0.481 e. The van der Waals surface area contributed by atoms with Crippen LogP contribution in [0.5, 0.6) is 0 Å². The van der Waals surface area contributed by atoms with Gasteiger partial charge in [0.15, 0.2) is 0 Å². The first-order chi connectivity index (χ1) is 9.08. The van der Waals surface area contributed by atoms with Crippen molar-refractivity contribution in [2.75, 3.05) is 24.7 Å². The van der Waals surface area contributed by atoms with E-state index in [0.717, 1.165) is 16.7 Å². The lowest BCUT2D eigenvalue weighted by Gasteiger charge is -2.37. The SMILES string of the molecule is Cc1cc(N2CCOCC2CCC(=O)O)ccc1Br. The summed E-state index contributed by atoms with van der Waals surface area (Å²) in [6, 6.07) is 6.37. The van der Waals surface area contributed by atoms with Crippen molar-refractivity contribution in [1.82, 2.24) is 0 Å². The summed E-state index contributed by atoms with van der Waals surface area (Å²) >= 11 is 3.50. The van der Waals surface area contributed by atoms with Crippen LogP contribution in [-0.2, 0) is 9.53 Å². The van der Waals surface area contributed by atoms with Gasteiger partial charge in [-0.15, -0.1) is 0 Å². The van der Waals surface area contributed by atoms with Crippen LogP contribution in [0.2, 0.25) is 0 Å². The number of carbonyl (C=O) groups is 1. The number of nitrogens with zero attached hydrogens (tertiary/aromatic N) is 1. The molecule has 1 saturated heterocycles. The number of benzene rings is 1. The Labute approximate surface area is 121 Å². The Morgan fingerprint density at radius 3 is 3.05 bits per heavy atom.